The van der Waals surface area contributed by atoms with E-state index in [-0.39, 0.29) is 11.9 Å². The maximum absolute atomic E-state index is 12.7. The number of nitrogens with one attached hydrogen (secondary N) is 1. The number of likely N-dealkylation sites (tertiary alicyclic amines) is 1. The molecule has 0 spiro atoms. The average Bonchev–Trinajstić information content (AvgIpc) is 2.84. The lowest BCUT2D eigenvalue weighted by atomic mass is 10.2. The molecule has 1 fully saturated rings. The Balaban J connectivity index is 1.63. The Morgan fingerprint density at radius 3 is 2.56 bits per heavy atom. The fraction of sp³-hybridized carbons (Fsp3) is 0.571. The third kappa shape index (κ3) is 4.37. The fourth-order valence-electron chi connectivity index (χ4n) is 2.31. The Morgan fingerprint density at radius 1 is 1.22 bits per heavy atom. The first-order chi connectivity index (χ1) is 8.74. The third-order valence-electron chi connectivity index (χ3n) is 3.29. The van der Waals surface area contributed by atoms with Gasteiger partial charge in [0.15, 0.2) is 0 Å². The van der Waals surface area contributed by atoms with Gasteiger partial charge in [0, 0.05) is 19.6 Å². The minimum Gasteiger partial charge on any atom is -0.390 e. The van der Waals surface area contributed by atoms with Crippen LogP contribution in [0.5, 0.6) is 0 Å². The van der Waals surface area contributed by atoms with Gasteiger partial charge in [0.25, 0.3) is 0 Å². The summed E-state index contributed by atoms with van der Waals surface area (Å²) >= 11 is 0. The van der Waals surface area contributed by atoms with Crippen molar-refractivity contribution in [3.63, 3.8) is 0 Å². The molecule has 0 bridgehead atoms. The molecule has 1 aromatic rings. The van der Waals surface area contributed by atoms with Crippen molar-refractivity contribution >= 4 is 0 Å². The first-order valence-electron chi connectivity index (χ1n) is 6.59. The highest BCUT2D eigenvalue weighted by atomic mass is 19.1. The number of rotatable bonds is 6. The van der Waals surface area contributed by atoms with Crippen molar-refractivity contribution in [3.05, 3.63) is 35.6 Å². The number of aliphatic hydroxyl groups is 1. The largest absolute Gasteiger partial charge is 0.390 e. The molecule has 1 aliphatic rings. The number of benzene rings is 1. The Morgan fingerprint density at radius 2 is 1.89 bits per heavy atom. The van der Waals surface area contributed by atoms with Gasteiger partial charge in [-0.3, -0.25) is 0 Å². The maximum Gasteiger partial charge on any atom is 0.123 e. The molecule has 1 heterocycles. The van der Waals surface area contributed by atoms with E-state index >= 15 is 0 Å². The number of aliphatic hydroxyl groups excluding tert-OH is 1. The van der Waals surface area contributed by atoms with Crippen LogP contribution in [-0.4, -0.2) is 42.3 Å². The summed E-state index contributed by atoms with van der Waals surface area (Å²) in [6.45, 7) is 4.20. The summed E-state index contributed by atoms with van der Waals surface area (Å²) in [5, 5.41) is 13.1. The summed E-state index contributed by atoms with van der Waals surface area (Å²) in [6.07, 6.45) is 2.16. The molecule has 0 aromatic heterocycles. The van der Waals surface area contributed by atoms with Gasteiger partial charge in [0.05, 0.1) is 6.10 Å². The number of halogens is 1. The number of hydrogen-bond donors (Lipinski definition) is 2. The molecule has 1 unspecified atom stereocenters. The van der Waals surface area contributed by atoms with Crippen LogP contribution in [0.15, 0.2) is 24.3 Å². The summed E-state index contributed by atoms with van der Waals surface area (Å²) in [5.41, 5.74) is 1.03. The molecule has 1 atom stereocenters. The van der Waals surface area contributed by atoms with E-state index in [1.54, 1.807) is 12.1 Å². The fourth-order valence-corrected chi connectivity index (χ4v) is 2.31. The number of β-amino-alcohol motifs (C(OH)–C–C–N with tert-alkyl or cyclic N) is 1. The monoisotopic (exact) mass is 252 g/mol. The van der Waals surface area contributed by atoms with Gasteiger partial charge >= 0.3 is 0 Å². The average molecular weight is 252 g/mol. The zero-order valence-corrected chi connectivity index (χ0v) is 10.6. The van der Waals surface area contributed by atoms with Gasteiger partial charge in [0.1, 0.15) is 5.82 Å². The molecule has 2 N–H and O–H groups in total. The molecular weight excluding hydrogens is 231 g/mol. The third-order valence-corrected chi connectivity index (χ3v) is 3.29. The van der Waals surface area contributed by atoms with Crippen molar-refractivity contribution in [1.82, 2.24) is 10.2 Å². The molecule has 4 heteroatoms. The molecule has 0 amide bonds. The van der Waals surface area contributed by atoms with Crippen LogP contribution in [0.2, 0.25) is 0 Å². The quantitative estimate of drug-likeness (QED) is 0.802. The SMILES string of the molecule is OC(CNCc1ccc(F)cc1)CN1CCCC1. The molecule has 0 aliphatic carbocycles. The van der Waals surface area contributed by atoms with E-state index in [0.29, 0.717) is 13.1 Å². The number of nitrogens with zero attached hydrogens (tertiary/aromatic N) is 1. The highest BCUT2D eigenvalue weighted by Gasteiger charge is 2.15. The normalized spacial score (nSPS) is 18.1. The summed E-state index contributed by atoms with van der Waals surface area (Å²) in [4.78, 5) is 2.30. The molecule has 0 saturated carbocycles. The van der Waals surface area contributed by atoms with Gasteiger partial charge in [-0.2, -0.15) is 0 Å². The van der Waals surface area contributed by atoms with Crippen molar-refractivity contribution < 1.29 is 9.50 Å². The van der Waals surface area contributed by atoms with E-state index in [0.717, 1.165) is 25.2 Å². The second kappa shape index (κ2) is 6.83. The van der Waals surface area contributed by atoms with E-state index < -0.39 is 0 Å². The van der Waals surface area contributed by atoms with Crippen LogP contribution in [0.1, 0.15) is 18.4 Å². The van der Waals surface area contributed by atoms with Crippen molar-refractivity contribution in [1.29, 1.82) is 0 Å². The Kier molecular flexibility index (Phi) is 5.11. The summed E-state index contributed by atoms with van der Waals surface area (Å²) in [7, 11) is 0. The zero-order valence-electron chi connectivity index (χ0n) is 10.6. The predicted octanol–water partition coefficient (Wildman–Crippen LogP) is 1.37. The predicted molar refractivity (Wildman–Crippen MR) is 69.8 cm³/mol. The molecular formula is C14H21FN2O. The van der Waals surface area contributed by atoms with Crippen LogP contribution < -0.4 is 5.32 Å². The van der Waals surface area contributed by atoms with Gasteiger partial charge in [-0.15, -0.1) is 0 Å². The van der Waals surface area contributed by atoms with E-state index in [1.165, 1.54) is 25.0 Å². The van der Waals surface area contributed by atoms with E-state index in [9.17, 15) is 9.50 Å². The van der Waals surface area contributed by atoms with Crippen molar-refractivity contribution in [2.75, 3.05) is 26.2 Å². The lowest BCUT2D eigenvalue weighted by molar-refractivity contribution is 0.123. The highest BCUT2D eigenvalue weighted by molar-refractivity contribution is 5.15. The van der Waals surface area contributed by atoms with Crippen LogP contribution >= 0.6 is 0 Å². The molecule has 1 aromatic carbocycles. The van der Waals surface area contributed by atoms with Crippen molar-refractivity contribution in [2.24, 2.45) is 0 Å². The minimum absolute atomic E-state index is 0.215. The molecule has 0 radical (unpaired) electrons. The molecule has 2 rings (SSSR count). The standard InChI is InChI=1S/C14H21FN2O/c15-13-5-3-12(4-6-13)9-16-10-14(18)11-17-7-1-2-8-17/h3-6,14,16,18H,1-2,7-11H2. The van der Waals surface area contributed by atoms with E-state index in [2.05, 4.69) is 10.2 Å². The van der Waals surface area contributed by atoms with Crippen LogP contribution in [0, 0.1) is 5.82 Å². The first kappa shape index (κ1) is 13.5. The van der Waals surface area contributed by atoms with Crippen LogP contribution in [0.4, 0.5) is 4.39 Å². The number of hydrogen-bond acceptors (Lipinski definition) is 3. The topological polar surface area (TPSA) is 35.5 Å². The lowest BCUT2D eigenvalue weighted by Crippen LogP contribution is -2.36. The molecule has 1 aliphatic heterocycles. The van der Waals surface area contributed by atoms with Crippen LogP contribution in [0.25, 0.3) is 0 Å². The highest BCUT2D eigenvalue weighted by Crippen LogP contribution is 2.07. The Hall–Kier alpha value is -0.970. The summed E-state index contributed by atoms with van der Waals surface area (Å²) < 4.78 is 12.7. The van der Waals surface area contributed by atoms with Gasteiger partial charge in [-0.25, -0.2) is 4.39 Å². The Bertz CT molecular complexity index is 349. The molecule has 1 saturated heterocycles. The second-order valence-electron chi connectivity index (χ2n) is 4.92. The van der Waals surface area contributed by atoms with Crippen molar-refractivity contribution in [2.45, 2.75) is 25.5 Å². The van der Waals surface area contributed by atoms with E-state index in [1.807, 2.05) is 0 Å². The summed E-state index contributed by atoms with van der Waals surface area (Å²) in [6, 6.07) is 6.43. The summed E-state index contributed by atoms with van der Waals surface area (Å²) in [5.74, 6) is -0.215. The van der Waals surface area contributed by atoms with Crippen molar-refractivity contribution in [3.8, 4) is 0 Å². The molecule has 3 nitrogen and oxygen atoms in total. The smallest absolute Gasteiger partial charge is 0.123 e. The molecule has 100 valence electrons. The van der Waals surface area contributed by atoms with E-state index in [4.69, 9.17) is 0 Å². The van der Waals surface area contributed by atoms with Gasteiger partial charge in [-0.1, -0.05) is 12.1 Å². The van der Waals surface area contributed by atoms with Gasteiger partial charge < -0.3 is 15.3 Å². The van der Waals surface area contributed by atoms with Crippen LogP contribution in [0.3, 0.4) is 0 Å². The zero-order chi connectivity index (χ0) is 12.8. The van der Waals surface area contributed by atoms with Crippen LogP contribution in [-0.2, 0) is 6.54 Å². The minimum atomic E-state index is -0.330. The Labute approximate surface area is 108 Å². The first-order valence-corrected chi connectivity index (χ1v) is 6.59. The van der Waals surface area contributed by atoms with Gasteiger partial charge in [0.2, 0.25) is 0 Å². The maximum atomic E-state index is 12.7. The molecule has 18 heavy (non-hydrogen) atoms. The van der Waals surface area contributed by atoms with Gasteiger partial charge in [-0.05, 0) is 43.6 Å². The second-order valence-corrected chi connectivity index (χ2v) is 4.92. The lowest BCUT2D eigenvalue weighted by Gasteiger charge is -2.19.